The van der Waals surface area contributed by atoms with Crippen molar-refractivity contribution in [1.82, 2.24) is 5.32 Å². The normalized spacial score (nSPS) is 14.8. The smallest absolute Gasteiger partial charge is 0.0375 e. The molecule has 0 unspecified atom stereocenters. The van der Waals surface area contributed by atoms with E-state index >= 15 is 0 Å². The van der Waals surface area contributed by atoms with Gasteiger partial charge in [-0.25, -0.2) is 0 Å². The van der Waals surface area contributed by atoms with Crippen molar-refractivity contribution >= 4 is 21.6 Å². The molecule has 18 heavy (non-hydrogen) atoms. The molecule has 0 heterocycles. The average Bonchev–Trinajstić information content (AvgIpc) is 3.18. The number of benzene rings is 1. The summed E-state index contributed by atoms with van der Waals surface area (Å²) >= 11 is 3.69. The molecular formula is C15H23BrN2. The molecule has 0 atom stereocenters. The van der Waals surface area contributed by atoms with E-state index in [1.54, 1.807) is 0 Å². The van der Waals surface area contributed by atoms with Crippen molar-refractivity contribution in [2.75, 3.05) is 18.5 Å². The van der Waals surface area contributed by atoms with E-state index in [4.69, 9.17) is 0 Å². The largest absolute Gasteiger partial charge is 0.375 e. The maximum absolute atomic E-state index is 3.69. The Labute approximate surface area is 119 Å². The first kappa shape index (κ1) is 13.9. The van der Waals surface area contributed by atoms with Crippen LogP contribution in [0.2, 0.25) is 0 Å². The molecule has 1 aromatic carbocycles. The summed E-state index contributed by atoms with van der Waals surface area (Å²) in [5.74, 6) is 0. The molecule has 1 aromatic rings. The topological polar surface area (TPSA) is 15.3 Å². The third-order valence-corrected chi connectivity index (χ3v) is 4.22. The third-order valence-electron chi connectivity index (χ3n) is 3.48. The Hall–Kier alpha value is -0.540. The maximum atomic E-state index is 3.69. The van der Waals surface area contributed by atoms with E-state index in [1.165, 1.54) is 41.4 Å². The molecule has 1 N–H and O–H groups in total. The molecule has 1 aliphatic carbocycles. The highest BCUT2D eigenvalue weighted by atomic mass is 79.9. The molecule has 0 bridgehead atoms. The van der Waals surface area contributed by atoms with E-state index in [2.05, 4.69) is 58.3 Å². The third kappa shape index (κ3) is 3.99. The van der Waals surface area contributed by atoms with Crippen LogP contribution in [0.25, 0.3) is 0 Å². The Balaban J connectivity index is 1.94. The lowest BCUT2D eigenvalue weighted by molar-refractivity contribution is 0.686. The second-order valence-corrected chi connectivity index (χ2v) is 6.06. The molecule has 0 saturated heterocycles. The molecule has 0 aliphatic heterocycles. The predicted octanol–water partition coefficient (Wildman–Crippen LogP) is 3.94. The molecular weight excluding hydrogens is 288 g/mol. The number of nitrogens with one attached hydrogen (secondary N) is 1. The van der Waals surface area contributed by atoms with Gasteiger partial charge in [-0.15, -0.1) is 0 Å². The van der Waals surface area contributed by atoms with Gasteiger partial charge in [0.25, 0.3) is 0 Å². The highest BCUT2D eigenvalue weighted by Crippen LogP contribution is 2.25. The Morgan fingerprint density at radius 3 is 2.78 bits per heavy atom. The molecule has 0 amide bonds. The van der Waals surface area contributed by atoms with Gasteiger partial charge < -0.3 is 10.2 Å². The molecule has 2 nitrogen and oxygen atoms in total. The predicted molar refractivity (Wildman–Crippen MR) is 82.2 cm³/mol. The molecule has 1 aliphatic rings. The first-order valence-corrected chi connectivity index (χ1v) is 7.73. The first-order valence-electron chi connectivity index (χ1n) is 6.93. The Morgan fingerprint density at radius 1 is 1.39 bits per heavy atom. The molecule has 2 rings (SSSR count). The van der Waals surface area contributed by atoms with Crippen molar-refractivity contribution in [3.05, 3.63) is 28.2 Å². The van der Waals surface area contributed by atoms with Crippen LogP contribution in [-0.2, 0) is 6.54 Å². The lowest BCUT2D eigenvalue weighted by Gasteiger charge is -2.20. The minimum Gasteiger partial charge on any atom is -0.375 e. The minimum absolute atomic E-state index is 0.767. The van der Waals surface area contributed by atoms with E-state index in [-0.39, 0.29) is 0 Å². The number of hydrogen-bond donors (Lipinski definition) is 1. The van der Waals surface area contributed by atoms with E-state index in [9.17, 15) is 0 Å². The van der Waals surface area contributed by atoms with Gasteiger partial charge in [0.05, 0.1) is 0 Å². The fourth-order valence-electron chi connectivity index (χ4n) is 1.98. The Bertz CT molecular complexity index is 388. The van der Waals surface area contributed by atoms with Crippen LogP contribution in [0.5, 0.6) is 0 Å². The van der Waals surface area contributed by atoms with Crippen LogP contribution < -0.4 is 10.2 Å². The van der Waals surface area contributed by atoms with Gasteiger partial charge >= 0.3 is 0 Å². The standard InChI is InChI=1S/C15H23BrN2/c1-3-4-9-18(2)14-8-5-12(15(16)10-14)11-17-13-6-7-13/h5,8,10,13,17H,3-4,6-7,9,11H2,1-2H3. The van der Waals surface area contributed by atoms with Crippen LogP contribution in [0.3, 0.4) is 0 Å². The summed E-state index contributed by atoms with van der Waals surface area (Å²) in [5.41, 5.74) is 2.65. The van der Waals surface area contributed by atoms with Gasteiger partial charge in [-0.05, 0) is 37.0 Å². The zero-order chi connectivity index (χ0) is 13.0. The molecule has 1 saturated carbocycles. The van der Waals surface area contributed by atoms with Crippen LogP contribution in [0.1, 0.15) is 38.2 Å². The van der Waals surface area contributed by atoms with E-state index in [0.29, 0.717) is 0 Å². The minimum atomic E-state index is 0.767. The summed E-state index contributed by atoms with van der Waals surface area (Å²) in [7, 11) is 2.17. The number of halogens is 1. The molecule has 0 spiro atoms. The summed E-state index contributed by atoms with van der Waals surface area (Å²) in [6.45, 7) is 4.34. The second-order valence-electron chi connectivity index (χ2n) is 5.21. The Kier molecular flexibility index (Phi) is 5.07. The van der Waals surface area contributed by atoms with Crippen molar-refractivity contribution in [3.8, 4) is 0 Å². The van der Waals surface area contributed by atoms with Gasteiger partial charge in [0.15, 0.2) is 0 Å². The Morgan fingerprint density at radius 2 is 2.17 bits per heavy atom. The number of unbranched alkanes of at least 4 members (excludes halogenated alkanes) is 1. The van der Waals surface area contributed by atoms with Gasteiger partial charge in [0, 0.05) is 36.3 Å². The van der Waals surface area contributed by atoms with E-state index in [0.717, 1.165) is 19.1 Å². The lowest BCUT2D eigenvalue weighted by atomic mass is 10.2. The number of rotatable bonds is 7. The first-order chi connectivity index (χ1) is 8.70. The number of nitrogens with zero attached hydrogens (tertiary/aromatic N) is 1. The van der Waals surface area contributed by atoms with Crippen molar-refractivity contribution in [1.29, 1.82) is 0 Å². The zero-order valence-corrected chi connectivity index (χ0v) is 13.0. The lowest BCUT2D eigenvalue weighted by Crippen LogP contribution is -2.19. The second kappa shape index (κ2) is 6.58. The van der Waals surface area contributed by atoms with Gasteiger partial charge in [0.2, 0.25) is 0 Å². The van der Waals surface area contributed by atoms with E-state index < -0.39 is 0 Å². The van der Waals surface area contributed by atoms with Crippen LogP contribution in [-0.4, -0.2) is 19.6 Å². The van der Waals surface area contributed by atoms with Crippen molar-refractivity contribution in [2.24, 2.45) is 0 Å². The van der Waals surface area contributed by atoms with Crippen molar-refractivity contribution in [3.63, 3.8) is 0 Å². The van der Waals surface area contributed by atoms with Gasteiger partial charge in [0.1, 0.15) is 0 Å². The number of anilines is 1. The quantitative estimate of drug-likeness (QED) is 0.820. The van der Waals surface area contributed by atoms with Crippen molar-refractivity contribution in [2.45, 2.75) is 45.2 Å². The van der Waals surface area contributed by atoms with Crippen molar-refractivity contribution < 1.29 is 0 Å². The fourth-order valence-corrected chi connectivity index (χ4v) is 2.49. The molecule has 0 aromatic heterocycles. The van der Waals surface area contributed by atoms with E-state index in [1.807, 2.05) is 0 Å². The van der Waals surface area contributed by atoms with Crippen LogP contribution in [0.4, 0.5) is 5.69 Å². The van der Waals surface area contributed by atoms with Crippen LogP contribution >= 0.6 is 15.9 Å². The summed E-state index contributed by atoms with van der Waals surface area (Å²) in [6.07, 6.45) is 5.18. The summed E-state index contributed by atoms with van der Waals surface area (Å²) in [6, 6.07) is 7.46. The highest BCUT2D eigenvalue weighted by Gasteiger charge is 2.20. The SMILES string of the molecule is CCCCN(C)c1ccc(CNC2CC2)c(Br)c1. The monoisotopic (exact) mass is 310 g/mol. The van der Waals surface area contributed by atoms with Crippen LogP contribution in [0.15, 0.2) is 22.7 Å². The fraction of sp³-hybridized carbons (Fsp3) is 0.600. The molecule has 100 valence electrons. The number of hydrogen-bond acceptors (Lipinski definition) is 2. The van der Waals surface area contributed by atoms with Gasteiger partial charge in [-0.3, -0.25) is 0 Å². The average molecular weight is 311 g/mol. The maximum Gasteiger partial charge on any atom is 0.0375 e. The van der Waals surface area contributed by atoms with Gasteiger partial charge in [-0.2, -0.15) is 0 Å². The van der Waals surface area contributed by atoms with Crippen LogP contribution in [0, 0.1) is 0 Å². The van der Waals surface area contributed by atoms with Gasteiger partial charge in [-0.1, -0.05) is 35.3 Å². The molecule has 1 fully saturated rings. The summed E-state index contributed by atoms with van der Waals surface area (Å²) in [5, 5.41) is 3.55. The zero-order valence-electron chi connectivity index (χ0n) is 11.4. The molecule has 0 radical (unpaired) electrons. The highest BCUT2D eigenvalue weighted by molar-refractivity contribution is 9.10. The molecule has 3 heteroatoms. The summed E-state index contributed by atoms with van der Waals surface area (Å²) in [4.78, 5) is 2.33. The summed E-state index contributed by atoms with van der Waals surface area (Å²) < 4.78 is 1.22.